The SMILES string of the molecule is CC(=O)O[C@@H]1O[C@@H]2CO[C@@H](c3ccccc3)O[C@@H]2[C@H](OC(C)=O)[C@H]1OC(C)=O. The summed E-state index contributed by atoms with van der Waals surface area (Å²) in [6, 6.07) is 9.21. The van der Waals surface area contributed by atoms with Gasteiger partial charge in [0, 0.05) is 26.3 Å². The largest absolute Gasteiger partial charge is 0.455 e. The molecule has 0 aliphatic carbocycles. The maximum Gasteiger partial charge on any atom is 0.305 e. The lowest BCUT2D eigenvalue weighted by Crippen LogP contribution is -2.64. The Labute approximate surface area is 161 Å². The summed E-state index contributed by atoms with van der Waals surface area (Å²) in [7, 11) is 0. The van der Waals surface area contributed by atoms with Gasteiger partial charge in [-0.3, -0.25) is 14.4 Å². The molecule has 0 N–H and O–H groups in total. The maximum absolute atomic E-state index is 11.7. The first-order chi connectivity index (χ1) is 13.3. The Morgan fingerprint density at radius 3 is 2.07 bits per heavy atom. The molecule has 1 aromatic rings. The third-order valence-corrected chi connectivity index (χ3v) is 4.24. The van der Waals surface area contributed by atoms with E-state index in [1.54, 1.807) is 0 Å². The van der Waals surface area contributed by atoms with Crippen LogP contribution in [0, 0.1) is 0 Å². The molecule has 3 rings (SSSR count). The fraction of sp³-hybridized carbons (Fsp3) is 0.526. The predicted molar refractivity (Wildman–Crippen MR) is 91.5 cm³/mol. The predicted octanol–water partition coefficient (Wildman–Crippen LogP) is 1.25. The molecule has 0 radical (unpaired) electrons. The highest BCUT2D eigenvalue weighted by atomic mass is 16.8. The van der Waals surface area contributed by atoms with E-state index in [4.69, 9.17) is 28.4 Å². The molecule has 0 aromatic heterocycles. The quantitative estimate of drug-likeness (QED) is 0.551. The van der Waals surface area contributed by atoms with Crippen LogP contribution < -0.4 is 0 Å². The van der Waals surface area contributed by atoms with Crippen molar-refractivity contribution in [2.24, 2.45) is 0 Å². The molecule has 28 heavy (non-hydrogen) atoms. The Balaban J connectivity index is 1.88. The van der Waals surface area contributed by atoms with E-state index >= 15 is 0 Å². The van der Waals surface area contributed by atoms with Gasteiger partial charge in [-0.05, 0) is 0 Å². The van der Waals surface area contributed by atoms with Crippen LogP contribution in [-0.2, 0) is 42.8 Å². The molecule has 0 amide bonds. The highest BCUT2D eigenvalue weighted by Gasteiger charge is 2.54. The number of hydrogen-bond donors (Lipinski definition) is 0. The van der Waals surface area contributed by atoms with Crippen molar-refractivity contribution in [3.8, 4) is 0 Å². The van der Waals surface area contributed by atoms with Gasteiger partial charge in [0.05, 0.1) is 6.61 Å². The molecular weight excluding hydrogens is 372 g/mol. The standard InChI is InChI=1S/C19H22O9/c1-10(20)24-16-15-14(9-23-18(28-15)13-7-5-4-6-8-13)27-19(26-12(3)22)17(16)25-11(2)21/h4-8,14-19H,9H2,1-3H3/t14-,15+,16+,17-,18-,19-/m1/s1. The van der Waals surface area contributed by atoms with Crippen LogP contribution in [0.1, 0.15) is 32.6 Å². The van der Waals surface area contributed by atoms with Crippen LogP contribution in [-0.4, -0.2) is 55.2 Å². The molecule has 2 fully saturated rings. The molecule has 0 bridgehead atoms. The van der Waals surface area contributed by atoms with Gasteiger partial charge < -0.3 is 28.4 Å². The van der Waals surface area contributed by atoms with E-state index in [1.165, 1.54) is 20.8 Å². The first-order valence-corrected chi connectivity index (χ1v) is 8.84. The normalized spacial score (nSPS) is 32.0. The molecule has 2 aliphatic rings. The lowest BCUT2D eigenvalue weighted by Gasteiger charge is -2.47. The summed E-state index contributed by atoms with van der Waals surface area (Å²) < 4.78 is 33.3. The van der Waals surface area contributed by atoms with E-state index < -0.39 is 54.9 Å². The van der Waals surface area contributed by atoms with Gasteiger partial charge >= 0.3 is 17.9 Å². The van der Waals surface area contributed by atoms with Crippen LogP contribution in [0.2, 0.25) is 0 Å². The van der Waals surface area contributed by atoms with E-state index in [9.17, 15) is 14.4 Å². The van der Waals surface area contributed by atoms with Gasteiger partial charge in [0.2, 0.25) is 12.4 Å². The molecule has 0 saturated carbocycles. The number of benzene rings is 1. The molecule has 9 heteroatoms. The Hall–Kier alpha value is -2.49. The Morgan fingerprint density at radius 1 is 0.857 bits per heavy atom. The fourth-order valence-corrected chi connectivity index (χ4v) is 3.23. The van der Waals surface area contributed by atoms with Gasteiger partial charge in [0.15, 0.2) is 12.4 Å². The van der Waals surface area contributed by atoms with Crippen LogP contribution >= 0.6 is 0 Å². The van der Waals surface area contributed by atoms with Crippen LogP contribution in [0.4, 0.5) is 0 Å². The van der Waals surface area contributed by atoms with Gasteiger partial charge in [0.25, 0.3) is 0 Å². The zero-order valence-corrected chi connectivity index (χ0v) is 15.7. The van der Waals surface area contributed by atoms with Crippen molar-refractivity contribution in [2.45, 2.75) is 57.8 Å². The second kappa shape index (κ2) is 8.68. The van der Waals surface area contributed by atoms with E-state index in [-0.39, 0.29) is 6.61 Å². The van der Waals surface area contributed by atoms with Crippen LogP contribution in [0.5, 0.6) is 0 Å². The third-order valence-electron chi connectivity index (χ3n) is 4.24. The van der Waals surface area contributed by atoms with E-state index in [1.807, 2.05) is 30.3 Å². The summed E-state index contributed by atoms with van der Waals surface area (Å²) >= 11 is 0. The summed E-state index contributed by atoms with van der Waals surface area (Å²) in [5.74, 6) is -1.88. The molecule has 6 atom stereocenters. The minimum absolute atomic E-state index is 0.104. The summed E-state index contributed by atoms with van der Waals surface area (Å²) in [6.45, 7) is 3.72. The minimum Gasteiger partial charge on any atom is -0.455 e. The number of fused-ring (bicyclic) bond motifs is 1. The van der Waals surface area contributed by atoms with Crippen molar-refractivity contribution in [3.63, 3.8) is 0 Å². The number of ether oxygens (including phenoxy) is 6. The second-order valence-corrected chi connectivity index (χ2v) is 6.48. The number of esters is 3. The summed E-state index contributed by atoms with van der Waals surface area (Å²) in [4.78, 5) is 34.8. The van der Waals surface area contributed by atoms with Crippen molar-refractivity contribution < 1.29 is 42.8 Å². The molecule has 2 aliphatic heterocycles. The van der Waals surface area contributed by atoms with Gasteiger partial charge in [-0.2, -0.15) is 0 Å². The first-order valence-electron chi connectivity index (χ1n) is 8.84. The average Bonchev–Trinajstić information content (AvgIpc) is 2.64. The van der Waals surface area contributed by atoms with Gasteiger partial charge in [-0.25, -0.2) is 0 Å². The van der Waals surface area contributed by atoms with E-state index in [2.05, 4.69) is 0 Å². The Bertz CT molecular complexity index is 719. The zero-order valence-electron chi connectivity index (χ0n) is 15.7. The Morgan fingerprint density at radius 2 is 1.46 bits per heavy atom. The minimum atomic E-state index is -1.26. The lowest BCUT2D eigenvalue weighted by molar-refractivity contribution is -0.356. The highest BCUT2D eigenvalue weighted by molar-refractivity contribution is 5.68. The molecule has 0 spiro atoms. The van der Waals surface area contributed by atoms with Crippen molar-refractivity contribution in [1.82, 2.24) is 0 Å². The van der Waals surface area contributed by atoms with Gasteiger partial charge in [-0.1, -0.05) is 30.3 Å². The van der Waals surface area contributed by atoms with Crippen molar-refractivity contribution in [1.29, 1.82) is 0 Å². The molecule has 9 nitrogen and oxygen atoms in total. The highest BCUT2D eigenvalue weighted by Crippen LogP contribution is 2.36. The van der Waals surface area contributed by atoms with Gasteiger partial charge in [0.1, 0.15) is 12.2 Å². The number of hydrogen-bond acceptors (Lipinski definition) is 9. The molecule has 152 valence electrons. The Kier molecular flexibility index (Phi) is 6.28. The number of carbonyl (C=O) groups is 3. The van der Waals surface area contributed by atoms with Crippen molar-refractivity contribution in [3.05, 3.63) is 35.9 Å². The molecule has 1 aromatic carbocycles. The molecule has 0 unspecified atom stereocenters. The molecule has 2 heterocycles. The van der Waals surface area contributed by atoms with Crippen LogP contribution in [0.3, 0.4) is 0 Å². The van der Waals surface area contributed by atoms with Gasteiger partial charge in [-0.15, -0.1) is 0 Å². The zero-order chi connectivity index (χ0) is 20.3. The van der Waals surface area contributed by atoms with Crippen molar-refractivity contribution >= 4 is 17.9 Å². The van der Waals surface area contributed by atoms with E-state index in [0.717, 1.165) is 5.56 Å². The fourth-order valence-electron chi connectivity index (χ4n) is 3.23. The smallest absolute Gasteiger partial charge is 0.305 e. The summed E-state index contributed by atoms with van der Waals surface area (Å²) in [6.07, 6.45) is -5.68. The average molecular weight is 394 g/mol. The van der Waals surface area contributed by atoms with E-state index in [0.29, 0.717) is 0 Å². The summed E-state index contributed by atoms with van der Waals surface area (Å²) in [5.41, 5.74) is 0.772. The van der Waals surface area contributed by atoms with Crippen LogP contribution in [0.15, 0.2) is 30.3 Å². The van der Waals surface area contributed by atoms with Crippen molar-refractivity contribution in [2.75, 3.05) is 6.61 Å². The third kappa shape index (κ3) is 4.67. The number of carbonyl (C=O) groups excluding carboxylic acids is 3. The monoisotopic (exact) mass is 394 g/mol. The molecule has 2 saturated heterocycles. The maximum atomic E-state index is 11.7. The summed E-state index contributed by atoms with van der Waals surface area (Å²) in [5, 5.41) is 0. The second-order valence-electron chi connectivity index (χ2n) is 6.48. The molecular formula is C19H22O9. The lowest BCUT2D eigenvalue weighted by atomic mass is 9.97. The topological polar surface area (TPSA) is 107 Å². The van der Waals surface area contributed by atoms with Crippen LogP contribution in [0.25, 0.3) is 0 Å². The number of rotatable bonds is 4. The first kappa shape index (κ1) is 20.2.